The molecule has 1 aliphatic heterocycles. The lowest BCUT2D eigenvalue weighted by Gasteiger charge is -2.36. The Labute approximate surface area is 169 Å². The summed E-state index contributed by atoms with van der Waals surface area (Å²) < 4.78 is 19.7. The highest BCUT2D eigenvalue weighted by atomic mass is 16.5. The fraction of sp³-hybridized carbons (Fsp3) is 0.450. The van der Waals surface area contributed by atoms with Gasteiger partial charge in [-0.15, -0.1) is 0 Å². The van der Waals surface area contributed by atoms with Crippen LogP contribution < -0.4 is 4.74 Å². The summed E-state index contributed by atoms with van der Waals surface area (Å²) in [6, 6.07) is 6.72. The summed E-state index contributed by atoms with van der Waals surface area (Å²) in [6.45, 7) is 3.19. The van der Waals surface area contributed by atoms with E-state index in [-0.39, 0.29) is 18.3 Å². The zero-order valence-corrected chi connectivity index (χ0v) is 16.9. The van der Waals surface area contributed by atoms with E-state index in [2.05, 4.69) is 9.64 Å². The van der Waals surface area contributed by atoms with Crippen LogP contribution in [0, 0.1) is 0 Å². The largest absolute Gasteiger partial charge is 0.497 e. The molecule has 0 atom stereocenters. The number of nitrogens with zero attached hydrogens (tertiary/aromatic N) is 2. The highest BCUT2D eigenvalue weighted by Crippen LogP contribution is 2.13. The molecule has 1 fully saturated rings. The van der Waals surface area contributed by atoms with Gasteiger partial charge in [0, 0.05) is 32.7 Å². The maximum Gasteiger partial charge on any atom is 0.354 e. The van der Waals surface area contributed by atoms with Gasteiger partial charge in [0.15, 0.2) is 0 Å². The van der Waals surface area contributed by atoms with Gasteiger partial charge >= 0.3 is 17.9 Å². The van der Waals surface area contributed by atoms with Crippen LogP contribution in [0.2, 0.25) is 0 Å². The van der Waals surface area contributed by atoms with Gasteiger partial charge in [0.05, 0.1) is 33.0 Å². The minimum Gasteiger partial charge on any atom is -0.497 e. The quantitative estimate of drug-likeness (QED) is 0.351. The SMILES string of the molecule is COC(=O)/C=C(\C(=O)OC)N1CCN(CCOC(=O)c2ccc(OC)cc2)CC1. The van der Waals surface area contributed by atoms with Crippen LogP contribution >= 0.6 is 0 Å². The van der Waals surface area contributed by atoms with E-state index < -0.39 is 11.9 Å². The first kappa shape index (κ1) is 22.2. The molecule has 1 aliphatic rings. The Hall–Kier alpha value is -3.07. The zero-order chi connectivity index (χ0) is 21.2. The smallest absolute Gasteiger partial charge is 0.354 e. The van der Waals surface area contributed by atoms with E-state index >= 15 is 0 Å². The van der Waals surface area contributed by atoms with Crippen LogP contribution in [0.1, 0.15) is 10.4 Å². The van der Waals surface area contributed by atoms with Gasteiger partial charge in [-0.25, -0.2) is 14.4 Å². The van der Waals surface area contributed by atoms with Gasteiger partial charge in [-0.1, -0.05) is 0 Å². The summed E-state index contributed by atoms with van der Waals surface area (Å²) in [4.78, 5) is 39.4. The molecule has 0 spiro atoms. The van der Waals surface area contributed by atoms with Crippen LogP contribution in [0.15, 0.2) is 36.0 Å². The van der Waals surface area contributed by atoms with E-state index in [0.717, 1.165) is 6.08 Å². The first-order valence-electron chi connectivity index (χ1n) is 9.15. The maximum absolute atomic E-state index is 12.1. The molecule has 0 amide bonds. The summed E-state index contributed by atoms with van der Waals surface area (Å²) in [6.07, 6.45) is 1.14. The molecule has 0 radical (unpaired) electrons. The van der Waals surface area contributed by atoms with Crippen LogP contribution in [0.25, 0.3) is 0 Å². The van der Waals surface area contributed by atoms with Crippen LogP contribution in [0.4, 0.5) is 0 Å². The molecule has 0 N–H and O–H groups in total. The van der Waals surface area contributed by atoms with E-state index in [9.17, 15) is 14.4 Å². The molecule has 0 aliphatic carbocycles. The second-order valence-electron chi connectivity index (χ2n) is 6.24. The van der Waals surface area contributed by atoms with Crippen molar-refractivity contribution in [2.75, 3.05) is 60.7 Å². The first-order valence-corrected chi connectivity index (χ1v) is 9.15. The average molecular weight is 406 g/mol. The number of ether oxygens (including phenoxy) is 4. The van der Waals surface area contributed by atoms with E-state index in [1.54, 1.807) is 36.3 Å². The van der Waals surface area contributed by atoms with Gasteiger partial charge in [-0.2, -0.15) is 0 Å². The predicted molar refractivity (Wildman–Crippen MR) is 103 cm³/mol. The number of esters is 3. The maximum atomic E-state index is 12.1. The highest BCUT2D eigenvalue weighted by molar-refractivity contribution is 5.95. The normalized spacial score (nSPS) is 14.9. The Bertz CT molecular complexity index is 738. The lowest BCUT2D eigenvalue weighted by atomic mass is 10.2. The molecule has 1 saturated heterocycles. The molecule has 9 heteroatoms. The second-order valence-corrected chi connectivity index (χ2v) is 6.24. The summed E-state index contributed by atoms with van der Waals surface area (Å²) in [5.41, 5.74) is 0.635. The number of carbonyl (C=O) groups is 3. The Morgan fingerprint density at radius 1 is 0.966 bits per heavy atom. The van der Waals surface area contributed by atoms with Crippen LogP contribution in [0.3, 0.4) is 0 Å². The van der Waals surface area contributed by atoms with E-state index in [1.165, 1.54) is 14.2 Å². The summed E-state index contributed by atoms with van der Waals surface area (Å²) in [7, 11) is 4.08. The van der Waals surface area contributed by atoms with Crippen molar-refractivity contribution >= 4 is 17.9 Å². The highest BCUT2D eigenvalue weighted by Gasteiger charge is 2.24. The third-order valence-corrected chi connectivity index (χ3v) is 4.53. The van der Waals surface area contributed by atoms with Gasteiger partial charge in [0.2, 0.25) is 0 Å². The lowest BCUT2D eigenvalue weighted by Crippen LogP contribution is -2.48. The Balaban J connectivity index is 1.80. The summed E-state index contributed by atoms with van der Waals surface area (Å²) >= 11 is 0. The molecule has 0 bridgehead atoms. The molecule has 0 unspecified atom stereocenters. The molecular weight excluding hydrogens is 380 g/mol. The fourth-order valence-electron chi connectivity index (χ4n) is 2.84. The van der Waals surface area contributed by atoms with Crippen molar-refractivity contribution in [3.8, 4) is 5.75 Å². The topological polar surface area (TPSA) is 94.6 Å². The van der Waals surface area contributed by atoms with Crippen LogP contribution in [-0.4, -0.2) is 88.4 Å². The predicted octanol–water partition coefficient (Wildman–Crippen LogP) is 0.700. The first-order chi connectivity index (χ1) is 14.0. The number of hydrogen-bond acceptors (Lipinski definition) is 9. The molecule has 0 aromatic heterocycles. The number of methoxy groups -OCH3 is 3. The van der Waals surface area contributed by atoms with Crippen molar-refractivity contribution in [1.29, 1.82) is 0 Å². The summed E-state index contributed by atoms with van der Waals surface area (Å²) in [5, 5.41) is 0. The van der Waals surface area contributed by atoms with Gasteiger partial charge in [0.1, 0.15) is 18.1 Å². The third-order valence-electron chi connectivity index (χ3n) is 4.53. The molecule has 29 heavy (non-hydrogen) atoms. The Kier molecular flexibility index (Phi) is 8.47. The Morgan fingerprint density at radius 2 is 1.62 bits per heavy atom. The molecule has 1 aromatic rings. The van der Waals surface area contributed by atoms with Crippen molar-refractivity contribution in [2.45, 2.75) is 0 Å². The number of piperazine rings is 1. The standard InChI is InChI=1S/C20H26N2O7/c1-26-16-6-4-15(5-7-16)19(24)29-13-12-21-8-10-22(11-9-21)17(20(25)28-3)14-18(23)27-2/h4-7,14H,8-13H2,1-3H3/b17-14+. The third kappa shape index (κ3) is 6.49. The minimum atomic E-state index is -0.613. The van der Waals surface area contributed by atoms with E-state index in [4.69, 9.17) is 14.2 Å². The lowest BCUT2D eigenvalue weighted by molar-refractivity contribution is -0.140. The average Bonchev–Trinajstić information content (AvgIpc) is 2.77. The molecule has 0 saturated carbocycles. The van der Waals surface area contributed by atoms with Crippen LogP contribution in [-0.2, 0) is 23.8 Å². The number of rotatable bonds is 8. The molecule has 9 nitrogen and oxygen atoms in total. The molecule has 1 aromatic carbocycles. The number of benzene rings is 1. The van der Waals surface area contributed by atoms with Crippen molar-refractivity contribution < 1.29 is 33.3 Å². The van der Waals surface area contributed by atoms with Gasteiger partial charge in [-0.05, 0) is 24.3 Å². The van der Waals surface area contributed by atoms with Gasteiger partial charge in [0.25, 0.3) is 0 Å². The molecule has 1 heterocycles. The molecule has 2 rings (SSSR count). The van der Waals surface area contributed by atoms with Gasteiger partial charge < -0.3 is 23.8 Å². The fourth-order valence-corrected chi connectivity index (χ4v) is 2.84. The van der Waals surface area contributed by atoms with Crippen molar-refractivity contribution in [2.24, 2.45) is 0 Å². The molecule has 158 valence electrons. The van der Waals surface area contributed by atoms with E-state index in [1.807, 2.05) is 0 Å². The van der Waals surface area contributed by atoms with Crippen LogP contribution in [0.5, 0.6) is 5.75 Å². The van der Waals surface area contributed by atoms with Crippen molar-refractivity contribution in [3.63, 3.8) is 0 Å². The number of hydrogen-bond donors (Lipinski definition) is 0. The zero-order valence-electron chi connectivity index (χ0n) is 16.9. The monoisotopic (exact) mass is 406 g/mol. The van der Waals surface area contributed by atoms with Gasteiger partial charge in [-0.3, -0.25) is 4.90 Å². The van der Waals surface area contributed by atoms with Crippen molar-refractivity contribution in [1.82, 2.24) is 9.80 Å². The number of carbonyl (C=O) groups excluding carboxylic acids is 3. The minimum absolute atomic E-state index is 0.171. The second kappa shape index (κ2) is 11.1. The van der Waals surface area contributed by atoms with E-state index in [0.29, 0.717) is 44.0 Å². The molecular formula is C20H26N2O7. The summed E-state index contributed by atoms with van der Waals surface area (Å²) in [5.74, 6) is -0.914. The van der Waals surface area contributed by atoms with Crippen molar-refractivity contribution in [3.05, 3.63) is 41.6 Å². The Morgan fingerprint density at radius 3 is 2.17 bits per heavy atom.